The highest BCUT2D eigenvalue weighted by Crippen LogP contribution is 2.24. The lowest BCUT2D eigenvalue weighted by Gasteiger charge is -2.36. The van der Waals surface area contributed by atoms with Gasteiger partial charge in [0.05, 0.1) is 6.61 Å². The Bertz CT molecular complexity index is 480. The molecular formula is C15H20N2O3. The summed E-state index contributed by atoms with van der Waals surface area (Å²) in [6, 6.07) is 7.37. The maximum Gasteiger partial charge on any atom is 0.313 e. The third-order valence-corrected chi connectivity index (χ3v) is 3.62. The van der Waals surface area contributed by atoms with Gasteiger partial charge in [-0.25, -0.2) is 0 Å². The van der Waals surface area contributed by atoms with Crippen LogP contribution in [0.1, 0.15) is 24.8 Å². The molecule has 0 spiro atoms. The summed E-state index contributed by atoms with van der Waals surface area (Å²) in [5, 5.41) is 11.6. The smallest absolute Gasteiger partial charge is 0.313 e. The van der Waals surface area contributed by atoms with Crippen molar-refractivity contribution < 1.29 is 14.7 Å². The molecule has 1 aromatic carbocycles. The van der Waals surface area contributed by atoms with E-state index in [2.05, 4.69) is 5.32 Å². The fourth-order valence-electron chi connectivity index (χ4n) is 2.21. The highest BCUT2D eigenvalue weighted by Gasteiger charge is 2.31. The van der Waals surface area contributed by atoms with Gasteiger partial charge in [-0.15, -0.1) is 0 Å². The predicted octanol–water partition coefficient (Wildman–Crippen LogP) is 1.31. The van der Waals surface area contributed by atoms with E-state index in [9.17, 15) is 9.59 Å². The molecule has 20 heavy (non-hydrogen) atoms. The van der Waals surface area contributed by atoms with Crippen molar-refractivity contribution in [3.05, 3.63) is 29.8 Å². The molecule has 0 bridgehead atoms. The van der Waals surface area contributed by atoms with Crippen molar-refractivity contribution in [1.29, 1.82) is 0 Å². The number of amides is 2. The van der Waals surface area contributed by atoms with Crippen LogP contribution in [0.3, 0.4) is 0 Å². The summed E-state index contributed by atoms with van der Waals surface area (Å²) < 4.78 is 0. The molecule has 1 aromatic rings. The van der Waals surface area contributed by atoms with Crippen LogP contribution in [0.2, 0.25) is 0 Å². The summed E-state index contributed by atoms with van der Waals surface area (Å²) >= 11 is 0. The number of benzene rings is 1. The maximum absolute atomic E-state index is 12.1. The Labute approximate surface area is 118 Å². The van der Waals surface area contributed by atoms with Gasteiger partial charge in [-0.1, -0.05) is 17.7 Å². The fraction of sp³-hybridized carbons (Fsp3) is 0.467. The molecule has 1 saturated carbocycles. The molecule has 0 atom stereocenters. The number of anilines is 1. The SMILES string of the molecule is Cc1ccc(NC(=O)C(=O)N(CCO)C2CCC2)cc1. The van der Waals surface area contributed by atoms with Crippen molar-refractivity contribution in [1.82, 2.24) is 4.90 Å². The van der Waals surface area contributed by atoms with Gasteiger partial charge in [-0.05, 0) is 38.3 Å². The Morgan fingerprint density at radius 2 is 1.95 bits per heavy atom. The Morgan fingerprint density at radius 3 is 2.45 bits per heavy atom. The zero-order valence-electron chi connectivity index (χ0n) is 11.6. The van der Waals surface area contributed by atoms with E-state index >= 15 is 0 Å². The zero-order chi connectivity index (χ0) is 14.5. The van der Waals surface area contributed by atoms with Crippen molar-refractivity contribution in [3.63, 3.8) is 0 Å². The third-order valence-electron chi connectivity index (χ3n) is 3.62. The third kappa shape index (κ3) is 3.36. The number of hydrogen-bond donors (Lipinski definition) is 2. The number of hydrogen-bond acceptors (Lipinski definition) is 3. The highest BCUT2D eigenvalue weighted by molar-refractivity contribution is 6.39. The number of aliphatic hydroxyl groups excluding tert-OH is 1. The van der Waals surface area contributed by atoms with Crippen LogP contribution in [0, 0.1) is 6.92 Å². The van der Waals surface area contributed by atoms with E-state index in [1.165, 1.54) is 4.90 Å². The van der Waals surface area contributed by atoms with Gasteiger partial charge in [0.2, 0.25) is 0 Å². The molecule has 0 heterocycles. The van der Waals surface area contributed by atoms with Crippen molar-refractivity contribution in [2.75, 3.05) is 18.5 Å². The van der Waals surface area contributed by atoms with Gasteiger partial charge >= 0.3 is 11.8 Å². The van der Waals surface area contributed by atoms with Crippen LogP contribution in [0.25, 0.3) is 0 Å². The molecule has 0 unspecified atom stereocenters. The van der Waals surface area contributed by atoms with Crippen molar-refractivity contribution >= 4 is 17.5 Å². The lowest BCUT2D eigenvalue weighted by molar-refractivity contribution is -0.146. The molecule has 1 aliphatic carbocycles. The second kappa shape index (κ2) is 6.52. The summed E-state index contributed by atoms with van der Waals surface area (Å²) in [4.78, 5) is 25.6. The molecule has 5 nitrogen and oxygen atoms in total. The Morgan fingerprint density at radius 1 is 1.30 bits per heavy atom. The highest BCUT2D eigenvalue weighted by atomic mass is 16.3. The Kier molecular flexibility index (Phi) is 4.74. The molecule has 5 heteroatoms. The molecule has 2 amide bonds. The van der Waals surface area contributed by atoms with Crippen LogP contribution in [0.15, 0.2) is 24.3 Å². The average molecular weight is 276 g/mol. The number of nitrogens with one attached hydrogen (secondary N) is 1. The Balaban J connectivity index is 1.99. The predicted molar refractivity (Wildman–Crippen MR) is 76.2 cm³/mol. The summed E-state index contributed by atoms with van der Waals surface area (Å²) in [5.41, 5.74) is 1.69. The number of aliphatic hydroxyl groups is 1. The van der Waals surface area contributed by atoms with E-state index in [1.54, 1.807) is 12.1 Å². The Hall–Kier alpha value is -1.88. The molecular weight excluding hydrogens is 256 g/mol. The maximum atomic E-state index is 12.1. The van der Waals surface area contributed by atoms with Crippen molar-refractivity contribution in [2.45, 2.75) is 32.2 Å². The van der Waals surface area contributed by atoms with Gasteiger partial charge in [0, 0.05) is 18.3 Å². The molecule has 0 aliphatic heterocycles. The van der Waals surface area contributed by atoms with Crippen LogP contribution in [0.4, 0.5) is 5.69 Å². The molecule has 0 saturated heterocycles. The first-order chi connectivity index (χ1) is 9.61. The van der Waals surface area contributed by atoms with E-state index in [1.807, 2.05) is 19.1 Å². The van der Waals surface area contributed by atoms with Gasteiger partial charge in [0.1, 0.15) is 0 Å². The van der Waals surface area contributed by atoms with E-state index in [-0.39, 0.29) is 19.2 Å². The molecule has 108 valence electrons. The second-order valence-corrected chi connectivity index (χ2v) is 5.13. The van der Waals surface area contributed by atoms with E-state index in [0.29, 0.717) is 5.69 Å². The molecule has 0 aromatic heterocycles. The van der Waals surface area contributed by atoms with Crippen LogP contribution < -0.4 is 5.32 Å². The summed E-state index contributed by atoms with van der Waals surface area (Å²) in [7, 11) is 0. The summed E-state index contributed by atoms with van der Waals surface area (Å²) in [6.07, 6.45) is 2.88. The molecule has 2 N–H and O–H groups in total. The monoisotopic (exact) mass is 276 g/mol. The number of rotatable bonds is 4. The van der Waals surface area contributed by atoms with Gasteiger partial charge in [0.15, 0.2) is 0 Å². The number of nitrogens with zero attached hydrogens (tertiary/aromatic N) is 1. The van der Waals surface area contributed by atoms with E-state index < -0.39 is 11.8 Å². The lowest BCUT2D eigenvalue weighted by atomic mass is 9.91. The first-order valence-corrected chi connectivity index (χ1v) is 6.91. The van der Waals surface area contributed by atoms with Crippen molar-refractivity contribution in [2.24, 2.45) is 0 Å². The van der Waals surface area contributed by atoms with Crippen LogP contribution in [-0.2, 0) is 9.59 Å². The van der Waals surface area contributed by atoms with Crippen LogP contribution in [0.5, 0.6) is 0 Å². The van der Waals surface area contributed by atoms with Gasteiger partial charge in [0.25, 0.3) is 0 Å². The fourth-order valence-corrected chi connectivity index (χ4v) is 2.21. The minimum Gasteiger partial charge on any atom is -0.395 e. The number of carbonyl (C=O) groups excluding carboxylic acids is 2. The zero-order valence-corrected chi connectivity index (χ0v) is 11.6. The topological polar surface area (TPSA) is 69.6 Å². The first kappa shape index (κ1) is 14.5. The lowest BCUT2D eigenvalue weighted by Crippen LogP contribution is -2.49. The standard InChI is InChI=1S/C15H20N2O3/c1-11-5-7-12(8-6-11)16-14(19)15(20)17(9-10-18)13-3-2-4-13/h5-8,13,18H,2-4,9-10H2,1H3,(H,16,19). The molecule has 1 fully saturated rings. The van der Waals surface area contributed by atoms with Gasteiger partial charge < -0.3 is 15.3 Å². The quantitative estimate of drug-likeness (QED) is 0.815. The van der Waals surface area contributed by atoms with Gasteiger partial charge in [-0.2, -0.15) is 0 Å². The van der Waals surface area contributed by atoms with E-state index in [4.69, 9.17) is 5.11 Å². The van der Waals surface area contributed by atoms with Gasteiger partial charge in [-0.3, -0.25) is 9.59 Å². The van der Waals surface area contributed by atoms with Crippen molar-refractivity contribution in [3.8, 4) is 0 Å². The average Bonchev–Trinajstić information content (AvgIpc) is 2.38. The first-order valence-electron chi connectivity index (χ1n) is 6.91. The normalized spacial score (nSPS) is 14.5. The second-order valence-electron chi connectivity index (χ2n) is 5.13. The summed E-state index contributed by atoms with van der Waals surface area (Å²) in [5.74, 6) is -1.21. The van der Waals surface area contributed by atoms with E-state index in [0.717, 1.165) is 24.8 Å². The minimum absolute atomic E-state index is 0.0958. The summed E-state index contributed by atoms with van der Waals surface area (Å²) in [6.45, 7) is 2.04. The molecule has 0 radical (unpaired) electrons. The molecule has 2 rings (SSSR count). The van der Waals surface area contributed by atoms with Crippen LogP contribution >= 0.6 is 0 Å². The largest absolute Gasteiger partial charge is 0.395 e. The minimum atomic E-state index is -0.644. The van der Waals surface area contributed by atoms with Crippen LogP contribution in [-0.4, -0.2) is 41.0 Å². The number of carbonyl (C=O) groups is 2. The molecule has 1 aliphatic rings. The number of aryl methyl sites for hydroxylation is 1.